The summed E-state index contributed by atoms with van der Waals surface area (Å²) >= 11 is 0. The lowest BCUT2D eigenvalue weighted by Gasteiger charge is -2.16. The van der Waals surface area contributed by atoms with Crippen molar-refractivity contribution in [3.63, 3.8) is 0 Å². The first-order valence-corrected chi connectivity index (χ1v) is 8.72. The van der Waals surface area contributed by atoms with E-state index in [1.807, 2.05) is 12.1 Å². The SMILES string of the molecule is CC(C)Cc1ccc(S(=O)(=O)NC(CN)C2CC2)cc1. The molecule has 112 valence electrons. The second kappa shape index (κ2) is 6.24. The Labute approximate surface area is 121 Å². The molecular formula is C15H24N2O2S. The summed E-state index contributed by atoms with van der Waals surface area (Å²) in [5.41, 5.74) is 6.81. The highest BCUT2D eigenvalue weighted by Gasteiger charge is 2.33. The number of nitrogens with two attached hydrogens (primary N) is 1. The second-order valence-electron chi connectivity index (χ2n) is 6.04. The van der Waals surface area contributed by atoms with E-state index in [0.717, 1.165) is 24.8 Å². The number of benzene rings is 1. The topological polar surface area (TPSA) is 72.2 Å². The molecule has 1 unspecified atom stereocenters. The van der Waals surface area contributed by atoms with Crippen LogP contribution >= 0.6 is 0 Å². The van der Waals surface area contributed by atoms with Crippen LogP contribution in [0.5, 0.6) is 0 Å². The fraction of sp³-hybridized carbons (Fsp3) is 0.600. The van der Waals surface area contributed by atoms with Gasteiger partial charge in [-0.1, -0.05) is 26.0 Å². The average Bonchev–Trinajstić information content (AvgIpc) is 3.20. The summed E-state index contributed by atoms with van der Waals surface area (Å²) < 4.78 is 27.3. The molecule has 1 aliphatic rings. The smallest absolute Gasteiger partial charge is 0.240 e. The van der Waals surface area contributed by atoms with Gasteiger partial charge in [-0.15, -0.1) is 0 Å². The van der Waals surface area contributed by atoms with Gasteiger partial charge in [-0.2, -0.15) is 0 Å². The predicted octanol–water partition coefficient (Wildman–Crippen LogP) is 1.90. The average molecular weight is 296 g/mol. The summed E-state index contributed by atoms with van der Waals surface area (Å²) in [5.74, 6) is 0.974. The van der Waals surface area contributed by atoms with E-state index in [9.17, 15) is 8.42 Å². The molecule has 1 aromatic rings. The van der Waals surface area contributed by atoms with Crippen molar-refractivity contribution in [3.05, 3.63) is 29.8 Å². The van der Waals surface area contributed by atoms with E-state index in [2.05, 4.69) is 18.6 Å². The van der Waals surface area contributed by atoms with Crippen LogP contribution in [0.2, 0.25) is 0 Å². The van der Waals surface area contributed by atoms with Crippen LogP contribution in [0.15, 0.2) is 29.2 Å². The van der Waals surface area contributed by atoms with Crippen molar-refractivity contribution >= 4 is 10.0 Å². The monoisotopic (exact) mass is 296 g/mol. The third-order valence-corrected chi connectivity index (χ3v) is 5.13. The first-order chi connectivity index (χ1) is 9.42. The quantitative estimate of drug-likeness (QED) is 0.807. The molecule has 1 atom stereocenters. The number of sulfonamides is 1. The maximum atomic E-state index is 12.3. The predicted molar refractivity (Wildman–Crippen MR) is 80.9 cm³/mol. The summed E-state index contributed by atoms with van der Waals surface area (Å²) in [5, 5.41) is 0. The molecule has 1 saturated carbocycles. The first-order valence-electron chi connectivity index (χ1n) is 7.23. The molecule has 3 N–H and O–H groups in total. The Kier molecular flexibility index (Phi) is 4.83. The van der Waals surface area contributed by atoms with Crippen molar-refractivity contribution in [2.45, 2.75) is 44.0 Å². The molecule has 4 nitrogen and oxygen atoms in total. The van der Waals surface area contributed by atoms with E-state index >= 15 is 0 Å². The van der Waals surface area contributed by atoms with Gasteiger partial charge in [0.1, 0.15) is 0 Å². The fourth-order valence-electron chi connectivity index (χ4n) is 2.38. The highest BCUT2D eigenvalue weighted by molar-refractivity contribution is 7.89. The van der Waals surface area contributed by atoms with Gasteiger partial charge in [0.25, 0.3) is 0 Å². The number of hydrogen-bond donors (Lipinski definition) is 2. The number of hydrogen-bond acceptors (Lipinski definition) is 3. The van der Waals surface area contributed by atoms with Crippen LogP contribution in [0, 0.1) is 11.8 Å². The van der Waals surface area contributed by atoms with Gasteiger partial charge in [-0.3, -0.25) is 0 Å². The minimum atomic E-state index is -3.45. The van der Waals surface area contributed by atoms with Crippen molar-refractivity contribution < 1.29 is 8.42 Å². The van der Waals surface area contributed by atoms with E-state index in [4.69, 9.17) is 5.73 Å². The molecule has 20 heavy (non-hydrogen) atoms. The van der Waals surface area contributed by atoms with Crippen LogP contribution in [0.3, 0.4) is 0 Å². The molecule has 0 bridgehead atoms. The Morgan fingerprint density at radius 3 is 2.30 bits per heavy atom. The second-order valence-corrected chi connectivity index (χ2v) is 7.76. The molecule has 0 aliphatic heterocycles. The van der Waals surface area contributed by atoms with Crippen molar-refractivity contribution in [2.24, 2.45) is 17.6 Å². The Bertz CT molecular complexity index is 533. The third-order valence-electron chi connectivity index (χ3n) is 3.63. The lowest BCUT2D eigenvalue weighted by atomic mass is 10.0. The molecular weight excluding hydrogens is 272 g/mol. The summed E-state index contributed by atoms with van der Waals surface area (Å²) in [6.07, 6.45) is 3.09. The zero-order valence-electron chi connectivity index (χ0n) is 12.2. The maximum Gasteiger partial charge on any atom is 0.240 e. The van der Waals surface area contributed by atoms with Crippen molar-refractivity contribution in [3.8, 4) is 0 Å². The van der Waals surface area contributed by atoms with E-state index < -0.39 is 10.0 Å². The molecule has 0 aromatic heterocycles. The lowest BCUT2D eigenvalue weighted by Crippen LogP contribution is -2.41. The molecule has 0 spiro atoms. The van der Waals surface area contributed by atoms with Gasteiger partial charge in [0.15, 0.2) is 0 Å². The van der Waals surface area contributed by atoms with E-state index in [1.165, 1.54) is 0 Å². The van der Waals surface area contributed by atoms with Crippen molar-refractivity contribution in [2.75, 3.05) is 6.54 Å². The fourth-order valence-corrected chi connectivity index (χ4v) is 3.70. The van der Waals surface area contributed by atoms with Gasteiger partial charge in [-0.05, 0) is 48.8 Å². The van der Waals surface area contributed by atoms with Gasteiger partial charge >= 0.3 is 0 Å². The number of rotatable bonds is 7. The Morgan fingerprint density at radius 1 is 1.25 bits per heavy atom. The molecule has 0 saturated heterocycles. The van der Waals surface area contributed by atoms with Crippen LogP contribution in [0.4, 0.5) is 0 Å². The van der Waals surface area contributed by atoms with Gasteiger partial charge < -0.3 is 5.73 Å². The molecule has 0 amide bonds. The molecule has 0 heterocycles. The van der Waals surface area contributed by atoms with Crippen LogP contribution in [0.25, 0.3) is 0 Å². The minimum absolute atomic E-state index is 0.129. The highest BCUT2D eigenvalue weighted by Crippen LogP contribution is 2.32. The summed E-state index contributed by atoms with van der Waals surface area (Å²) in [6.45, 7) is 4.65. The highest BCUT2D eigenvalue weighted by atomic mass is 32.2. The van der Waals surface area contributed by atoms with Gasteiger partial charge in [0.05, 0.1) is 4.90 Å². The van der Waals surface area contributed by atoms with E-state index in [1.54, 1.807) is 12.1 Å². The van der Waals surface area contributed by atoms with Gasteiger partial charge in [0.2, 0.25) is 10.0 Å². The van der Waals surface area contributed by atoms with E-state index in [-0.39, 0.29) is 6.04 Å². The Hall–Kier alpha value is -0.910. The zero-order valence-corrected chi connectivity index (χ0v) is 13.0. The number of nitrogens with one attached hydrogen (secondary N) is 1. The normalized spacial score (nSPS) is 17.4. The molecule has 1 fully saturated rings. The van der Waals surface area contributed by atoms with Crippen molar-refractivity contribution in [1.29, 1.82) is 0 Å². The Balaban J connectivity index is 2.08. The molecule has 1 aliphatic carbocycles. The largest absolute Gasteiger partial charge is 0.329 e. The lowest BCUT2D eigenvalue weighted by molar-refractivity contribution is 0.519. The summed E-state index contributed by atoms with van der Waals surface area (Å²) in [6, 6.07) is 7.02. The van der Waals surface area contributed by atoms with E-state index in [0.29, 0.717) is 23.3 Å². The first kappa shape index (κ1) is 15.5. The maximum absolute atomic E-state index is 12.3. The molecule has 2 rings (SSSR count). The van der Waals surface area contributed by atoms with Gasteiger partial charge in [0, 0.05) is 12.6 Å². The summed E-state index contributed by atoms with van der Waals surface area (Å²) in [7, 11) is -3.45. The van der Waals surface area contributed by atoms with Crippen LogP contribution in [-0.2, 0) is 16.4 Å². The van der Waals surface area contributed by atoms with Crippen LogP contribution < -0.4 is 10.5 Å². The minimum Gasteiger partial charge on any atom is -0.329 e. The Morgan fingerprint density at radius 2 is 1.85 bits per heavy atom. The van der Waals surface area contributed by atoms with Crippen LogP contribution in [0.1, 0.15) is 32.3 Å². The molecule has 1 aromatic carbocycles. The summed E-state index contributed by atoms with van der Waals surface area (Å²) in [4.78, 5) is 0.323. The van der Waals surface area contributed by atoms with Crippen LogP contribution in [-0.4, -0.2) is 21.0 Å². The van der Waals surface area contributed by atoms with Crippen molar-refractivity contribution in [1.82, 2.24) is 4.72 Å². The zero-order chi connectivity index (χ0) is 14.8. The molecule has 5 heteroatoms. The molecule has 0 radical (unpaired) electrons. The van der Waals surface area contributed by atoms with Gasteiger partial charge in [-0.25, -0.2) is 13.1 Å². The standard InChI is InChI=1S/C15H24N2O2S/c1-11(2)9-12-3-7-14(8-4-12)20(18,19)17-15(10-16)13-5-6-13/h3-4,7-8,11,13,15,17H,5-6,9-10,16H2,1-2H3. The third kappa shape index (κ3) is 4.04.